The van der Waals surface area contributed by atoms with E-state index in [-0.39, 0.29) is 6.61 Å². The fourth-order valence-corrected chi connectivity index (χ4v) is 0.539. The molecule has 0 aliphatic rings. The lowest BCUT2D eigenvalue weighted by Gasteiger charge is -2.24. The van der Waals surface area contributed by atoms with Crippen molar-refractivity contribution in [3.05, 3.63) is 0 Å². The number of hydrogen-bond acceptors (Lipinski definition) is 4. The number of methoxy groups -OCH3 is 1. The Morgan fingerprint density at radius 1 is 1.58 bits per heavy atom. The summed E-state index contributed by atoms with van der Waals surface area (Å²) in [7, 11) is 1.33. The van der Waals surface area contributed by atoms with Crippen LogP contribution in [0.2, 0.25) is 0 Å². The zero-order valence-corrected chi connectivity index (χ0v) is 7.40. The van der Waals surface area contributed by atoms with Gasteiger partial charge in [-0.25, -0.2) is 4.79 Å². The van der Waals surface area contributed by atoms with Crippen molar-refractivity contribution in [3.63, 3.8) is 0 Å². The molecule has 0 saturated carbocycles. The second-order valence-corrected chi connectivity index (χ2v) is 2.78. The summed E-state index contributed by atoms with van der Waals surface area (Å²) in [5, 5.41) is 17.2. The average molecular weight is 178 g/mol. The molecule has 0 aromatic carbocycles. The first-order chi connectivity index (χ1) is 5.44. The number of hydrogen-bond donors (Lipinski definition) is 2. The molecule has 0 radical (unpaired) electrons. The fourth-order valence-electron chi connectivity index (χ4n) is 0.539. The number of ether oxygens (including phenoxy) is 2. The summed E-state index contributed by atoms with van der Waals surface area (Å²) < 4.78 is 9.58. The number of aliphatic hydroxyl groups is 1. The highest BCUT2D eigenvalue weighted by atomic mass is 16.7. The highest BCUT2D eigenvalue weighted by molar-refractivity contribution is 5.76. The summed E-state index contributed by atoms with van der Waals surface area (Å²) in [6.07, 6.45) is -0.893. The molecule has 1 unspecified atom stereocenters. The standard InChI is InChI=1S/C7H14O5/c1-7(2,6(9)10)12-5(4-8)11-3/h5,8H,4H2,1-3H3,(H,9,10). The van der Waals surface area contributed by atoms with Gasteiger partial charge in [0.15, 0.2) is 11.9 Å². The molecule has 0 aromatic heterocycles. The molecule has 0 amide bonds. The molecule has 0 spiro atoms. The van der Waals surface area contributed by atoms with Gasteiger partial charge in [-0.2, -0.15) is 0 Å². The Hall–Kier alpha value is -0.650. The predicted molar refractivity (Wildman–Crippen MR) is 40.7 cm³/mol. The summed E-state index contributed by atoms with van der Waals surface area (Å²) in [6.45, 7) is 2.40. The molecule has 5 nitrogen and oxygen atoms in total. The molecule has 0 fully saturated rings. The maximum Gasteiger partial charge on any atom is 0.335 e. The maximum atomic E-state index is 10.5. The third-order valence-electron chi connectivity index (χ3n) is 1.35. The maximum absolute atomic E-state index is 10.5. The Bertz CT molecular complexity index is 150. The zero-order valence-electron chi connectivity index (χ0n) is 7.40. The lowest BCUT2D eigenvalue weighted by molar-refractivity contribution is -0.214. The van der Waals surface area contributed by atoms with Crippen molar-refractivity contribution in [2.75, 3.05) is 13.7 Å². The molecule has 0 heterocycles. The summed E-state index contributed by atoms with van der Waals surface area (Å²) >= 11 is 0. The second-order valence-electron chi connectivity index (χ2n) is 2.78. The van der Waals surface area contributed by atoms with Crippen molar-refractivity contribution >= 4 is 5.97 Å². The molecule has 0 rings (SSSR count). The van der Waals surface area contributed by atoms with Gasteiger partial charge in [-0.1, -0.05) is 0 Å². The molecule has 0 aliphatic carbocycles. The van der Waals surface area contributed by atoms with Gasteiger partial charge in [0.1, 0.15) is 0 Å². The van der Waals surface area contributed by atoms with E-state index in [0.717, 1.165) is 0 Å². The van der Waals surface area contributed by atoms with Crippen LogP contribution < -0.4 is 0 Å². The van der Waals surface area contributed by atoms with Gasteiger partial charge in [0.25, 0.3) is 0 Å². The van der Waals surface area contributed by atoms with Crippen molar-refractivity contribution in [1.82, 2.24) is 0 Å². The van der Waals surface area contributed by atoms with Crippen molar-refractivity contribution in [3.8, 4) is 0 Å². The van der Waals surface area contributed by atoms with Crippen LogP contribution in [0.1, 0.15) is 13.8 Å². The van der Waals surface area contributed by atoms with Crippen LogP contribution in [0.3, 0.4) is 0 Å². The lowest BCUT2D eigenvalue weighted by Crippen LogP contribution is -2.40. The van der Waals surface area contributed by atoms with Crippen LogP contribution in [-0.4, -0.2) is 41.8 Å². The second kappa shape index (κ2) is 4.39. The number of carboxylic acid groups (broad SMARTS) is 1. The first kappa shape index (κ1) is 11.4. The van der Waals surface area contributed by atoms with Crippen LogP contribution >= 0.6 is 0 Å². The van der Waals surface area contributed by atoms with Crippen LogP contribution in [0.25, 0.3) is 0 Å². The molecule has 12 heavy (non-hydrogen) atoms. The van der Waals surface area contributed by atoms with E-state index in [2.05, 4.69) is 4.74 Å². The van der Waals surface area contributed by atoms with E-state index in [4.69, 9.17) is 14.9 Å². The first-order valence-corrected chi connectivity index (χ1v) is 3.49. The highest BCUT2D eigenvalue weighted by Gasteiger charge is 2.31. The summed E-state index contributed by atoms with van der Waals surface area (Å²) in [5.74, 6) is -1.10. The molecule has 1 atom stereocenters. The Morgan fingerprint density at radius 3 is 2.33 bits per heavy atom. The molecule has 2 N–H and O–H groups in total. The van der Waals surface area contributed by atoms with Crippen LogP contribution in [0.15, 0.2) is 0 Å². The molecular weight excluding hydrogens is 164 g/mol. The van der Waals surface area contributed by atoms with Gasteiger partial charge in [0.2, 0.25) is 0 Å². The van der Waals surface area contributed by atoms with Crippen molar-refractivity contribution < 1.29 is 24.5 Å². The van der Waals surface area contributed by atoms with Gasteiger partial charge in [-0.15, -0.1) is 0 Å². The largest absolute Gasteiger partial charge is 0.479 e. The van der Waals surface area contributed by atoms with Crippen molar-refractivity contribution in [2.24, 2.45) is 0 Å². The third kappa shape index (κ3) is 3.17. The highest BCUT2D eigenvalue weighted by Crippen LogP contribution is 2.12. The normalized spacial score (nSPS) is 14.3. The Kier molecular flexibility index (Phi) is 4.16. The van der Waals surface area contributed by atoms with Gasteiger partial charge >= 0.3 is 5.97 Å². The van der Waals surface area contributed by atoms with E-state index in [0.29, 0.717) is 0 Å². The van der Waals surface area contributed by atoms with E-state index >= 15 is 0 Å². The SMILES string of the molecule is COC(CO)OC(C)(C)C(=O)O. The van der Waals surface area contributed by atoms with Crippen molar-refractivity contribution in [2.45, 2.75) is 25.7 Å². The third-order valence-corrected chi connectivity index (χ3v) is 1.35. The number of rotatable bonds is 5. The van der Waals surface area contributed by atoms with Crippen LogP contribution in [0, 0.1) is 0 Å². The molecule has 0 aromatic rings. The van der Waals surface area contributed by atoms with Gasteiger partial charge in [-0.3, -0.25) is 0 Å². The van der Waals surface area contributed by atoms with Gasteiger partial charge in [0, 0.05) is 7.11 Å². The van der Waals surface area contributed by atoms with E-state index in [1.807, 2.05) is 0 Å². The number of carboxylic acids is 1. The lowest BCUT2D eigenvalue weighted by atomic mass is 10.1. The number of carbonyl (C=O) groups is 1. The predicted octanol–water partition coefficient (Wildman–Crippen LogP) is -0.169. The minimum Gasteiger partial charge on any atom is -0.479 e. The number of aliphatic carboxylic acids is 1. The van der Waals surface area contributed by atoms with E-state index in [1.54, 1.807) is 0 Å². The summed E-state index contributed by atoms with van der Waals surface area (Å²) in [6, 6.07) is 0. The monoisotopic (exact) mass is 178 g/mol. The molecule has 5 heteroatoms. The Balaban J connectivity index is 4.12. The zero-order chi connectivity index (χ0) is 9.78. The summed E-state index contributed by atoms with van der Waals surface area (Å²) in [5.41, 5.74) is -1.34. The molecule has 0 aliphatic heterocycles. The fraction of sp³-hybridized carbons (Fsp3) is 0.857. The molecule has 0 bridgehead atoms. The van der Waals surface area contributed by atoms with Gasteiger partial charge < -0.3 is 19.7 Å². The van der Waals surface area contributed by atoms with E-state index in [9.17, 15) is 4.79 Å². The smallest absolute Gasteiger partial charge is 0.335 e. The van der Waals surface area contributed by atoms with Crippen LogP contribution in [0.4, 0.5) is 0 Å². The van der Waals surface area contributed by atoms with E-state index < -0.39 is 17.9 Å². The van der Waals surface area contributed by atoms with Gasteiger partial charge in [-0.05, 0) is 13.8 Å². The Labute approximate surface area is 70.9 Å². The minimum absolute atomic E-state index is 0.368. The molecule has 0 saturated heterocycles. The van der Waals surface area contributed by atoms with Crippen molar-refractivity contribution in [1.29, 1.82) is 0 Å². The average Bonchev–Trinajstić information content (AvgIpc) is 2.00. The quantitative estimate of drug-likeness (QED) is 0.572. The molecule has 72 valence electrons. The molecular formula is C7H14O5. The Morgan fingerprint density at radius 2 is 2.08 bits per heavy atom. The van der Waals surface area contributed by atoms with Gasteiger partial charge in [0.05, 0.1) is 6.61 Å². The topological polar surface area (TPSA) is 76.0 Å². The number of aliphatic hydroxyl groups excluding tert-OH is 1. The summed E-state index contributed by atoms with van der Waals surface area (Å²) in [4.78, 5) is 10.5. The van der Waals surface area contributed by atoms with E-state index in [1.165, 1.54) is 21.0 Å². The first-order valence-electron chi connectivity index (χ1n) is 3.49. The van der Waals surface area contributed by atoms with Crippen LogP contribution in [0.5, 0.6) is 0 Å². The van der Waals surface area contributed by atoms with Crippen LogP contribution in [-0.2, 0) is 14.3 Å². The minimum atomic E-state index is -1.34.